The van der Waals surface area contributed by atoms with E-state index in [1.807, 2.05) is 30.3 Å². The number of para-hydroxylation sites is 1. The maximum Gasteiger partial charge on any atom is 0.125 e. The van der Waals surface area contributed by atoms with Gasteiger partial charge in [0.2, 0.25) is 0 Å². The zero-order valence-corrected chi connectivity index (χ0v) is 12.1. The van der Waals surface area contributed by atoms with E-state index in [0.29, 0.717) is 5.69 Å². The molecule has 0 aliphatic rings. The highest BCUT2D eigenvalue weighted by Crippen LogP contribution is 2.33. The third-order valence-corrected chi connectivity index (χ3v) is 4.03. The molecular weight excluding hydrogens is 324 g/mol. The van der Waals surface area contributed by atoms with Gasteiger partial charge in [-0.25, -0.2) is 15.0 Å². The van der Waals surface area contributed by atoms with E-state index in [-0.39, 0.29) is 0 Å². The molecule has 0 aliphatic heterocycles. The van der Waals surface area contributed by atoms with Crippen LogP contribution in [0, 0.1) is 0 Å². The molecule has 0 spiro atoms. The van der Waals surface area contributed by atoms with Crippen molar-refractivity contribution in [2.45, 2.75) is 10.1 Å². The summed E-state index contributed by atoms with van der Waals surface area (Å²) in [6.45, 7) is 0. The van der Waals surface area contributed by atoms with Gasteiger partial charge in [-0.3, -0.25) is 0 Å². The molecule has 0 saturated carbocycles. The number of nitrogen functional groups attached to an aromatic ring is 1. The van der Waals surface area contributed by atoms with Gasteiger partial charge in [0.15, 0.2) is 0 Å². The van der Waals surface area contributed by atoms with Crippen molar-refractivity contribution in [3.8, 4) is 0 Å². The van der Waals surface area contributed by atoms with Gasteiger partial charge < -0.3 is 5.73 Å². The lowest BCUT2D eigenvalue weighted by atomic mass is 10.2. The summed E-state index contributed by atoms with van der Waals surface area (Å²) < 4.78 is 0.863. The van der Waals surface area contributed by atoms with Crippen LogP contribution in [-0.2, 0) is 0 Å². The summed E-state index contributed by atoms with van der Waals surface area (Å²) in [7, 11) is 0. The molecule has 0 atom stereocenters. The van der Waals surface area contributed by atoms with Crippen molar-refractivity contribution in [2.24, 2.45) is 0 Å². The number of pyridine rings is 1. The fraction of sp³-hybridized carbons (Fsp3) is 0. The number of halogens is 1. The van der Waals surface area contributed by atoms with E-state index < -0.39 is 0 Å². The first-order valence-corrected chi connectivity index (χ1v) is 7.13. The first kappa shape index (κ1) is 12.4. The van der Waals surface area contributed by atoms with Gasteiger partial charge in [-0.05, 0) is 39.8 Å². The van der Waals surface area contributed by atoms with E-state index in [4.69, 9.17) is 5.73 Å². The summed E-state index contributed by atoms with van der Waals surface area (Å²) in [6.07, 6.45) is 3.28. The van der Waals surface area contributed by atoms with E-state index in [1.54, 1.807) is 12.5 Å². The molecular formula is C13H9BrN4S. The molecule has 19 heavy (non-hydrogen) atoms. The molecule has 6 heteroatoms. The summed E-state index contributed by atoms with van der Waals surface area (Å²) in [5.41, 5.74) is 7.50. The van der Waals surface area contributed by atoms with Crippen molar-refractivity contribution in [3.05, 3.63) is 47.3 Å². The molecule has 0 aliphatic carbocycles. The Morgan fingerprint density at radius 1 is 1.05 bits per heavy atom. The molecule has 2 N–H and O–H groups in total. The van der Waals surface area contributed by atoms with Gasteiger partial charge >= 0.3 is 0 Å². The van der Waals surface area contributed by atoms with Crippen LogP contribution in [0.15, 0.2) is 57.4 Å². The molecule has 2 aromatic heterocycles. The van der Waals surface area contributed by atoms with Gasteiger partial charge in [0.1, 0.15) is 16.4 Å². The standard InChI is InChI=1S/C13H9BrN4S/c14-8-5-10(15)13(16-6-8)19-12-9-3-1-2-4-11(9)17-7-18-12/h1-7H,15H2. The summed E-state index contributed by atoms with van der Waals surface area (Å²) in [5, 5.41) is 2.60. The van der Waals surface area contributed by atoms with Gasteiger partial charge in [-0.2, -0.15) is 0 Å². The van der Waals surface area contributed by atoms with E-state index in [0.717, 1.165) is 25.4 Å². The largest absolute Gasteiger partial charge is 0.397 e. The van der Waals surface area contributed by atoms with Gasteiger partial charge in [0, 0.05) is 16.1 Å². The predicted molar refractivity (Wildman–Crippen MR) is 80.0 cm³/mol. The van der Waals surface area contributed by atoms with Crippen LogP contribution >= 0.6 is 27.7 Å². The van der Waals surface area contributed by atoms with Crippen molar-refractivity contribution in [3.63, 3.8) is 0 Å². The number of nitrogens with two attached hydrogens (primary N) is 1. The number of hydrogen-bond acceptors (Lipinski definition) is 5. The van der Waals surface area contributed by atoms with Crippen LogP contribution in [0.3, 0.4) is 0 Å². The summed E-state index contributed by atoms with van der Waals surface area (Å²) in [4.78, 5) is 12.9. The van der Waals surface area contributed by atoms with Crippen molar-refractivity contribution in [1.29, 1.82) is 0 Å². The second kappa shape index (κ2) is 5.14. The number of rotatable bonds is 2. The minimum Gasteiger partial charge on any atom is -0.397 e. The average Bonchev–Trinajstić information content (AvgIpc) is 2.42. The number of hydrogen-bond donors (Lipinski definition) is 1. The van der Waals surface area contributed by atoms with Crippen LogP contribution in [0.4, 0.5) is 5.69 Å². The van der Waals surface area contributed by atoms with Crippen molar-refractivity contribution in [2.75, 3.05) is 5.73 Å². The zero-order chi connectivity index (χ0) is 13.2. The van der Waals surface area contributed by atoms with Gasteiger partial charge in [-0.1, -0.05) is 18.2 Å². The minimum atomic E-state index is 0.627. The van der Waals surface area contributed by atoms with Crippen LogP contribution in [-0.4, -0.2) is 15.0 Å². The number of fused-ring (bicyclic) bond motifs is 1. The summed E-state index contributed by atoms with van der Waals surface area (Å²) in [6, 6.07) is 9.70. The lowest BCUT2D eigenvalue weighted by Crippen LogP contribution is -1.93. The molecule has 0 unspecified atom stereocenters. The Labute approximate surface area is 122 Å². The van der Waals surface area contributed by atoms with Gasteiger partial charge in [0.05, 0.1) is 11.2 Å². The van der Waals surface area contributed by atoms with Crippen molar-refractivity contribution in [1.82, 2.24) is 15.0 Å². The Kier molecular flexibility index (Phi) is 3.35. The fourth-order valence-corrected chi connectivity index (χ4v) is 2.88. The summed E-state index contributed by atoms with van der Waals surface area (Å²) in [5.74, 6) is 0. The normalized spacial score (nSPS) is 10.8. The Hall–Kier alpha value is -1.66. The molecule has 3 rings (SSSR count). The minimum absolute atomic E-state index is 0.627. The molecule has 0 radical (unpaired) electrons. The first-order valence-electron chi connectivity index (χ1n) is 5.52. The van der Waals surface area contributed by atoms with Crippen LogP contribution in [0.5, 0.6) is 0 Å². The number of benzene rings is 1. The Morgan fingerprint density at radius 3 is 2.74 bits per heavy atom. The van der Waals surface area contributed by atoms with Crippen LogP contribution in [0.25, 0.3) is 10.9 Å². The van der Waals surface area contributed by atoms with Gasteiger partial charge in [-0.15, -0.1) is 0 Å². The van der Waals surface area contributed by atoms with Gasteiger partial charge in [0.25, 0.3) is 0 Å². The molecule has 0 fully saturated rings. The number of aromatic nitrogens is 3. The topological polar surface area (TPSA) is 64.7 Å². The second-order valence-corrected chi connectivity index (χ2v) is 5.74. The highest BCUT2D eigenvalue weighted by atomic mass is 79.9. The highest BCUT2D eigenvalue weighted by molar-refractivity contribution is 9.10. The third kappa shape index (κ3) is 2.54. The lowest BCUT2D eigenvalue weighted by Gasteiger charge is -2.06. The average molecular weight is 333 g/mol. The molecule has 0 amide bonds. The molecule has 1 aromatic carbocycles. The predicted octanol–water partition coefficient (Wildman–Crippen LogP) is 3.52. The van der Waals surface area contributed by atoms with Crippen LogP contribution < -0.4 is 5.73 Å². The van der Waals surface area contributed by atoms with Crippen LogP contribution in [0.1, 0.15) is 0 Å². The van der Waals surface area contributed by atoms with Crippen molar-refractivity contribution >= 4 is 44.3 Å². The Balaban J connectivity index is 2.06. The fourth-order valence-electron chi connectivity index (χ4n) is 1.68. The third-order valence-electron chi connectivity index (χ3n) is 2.55. The quantitative estimate of drug-likeness (QED) is 0.727. The second-order valence-electron chi connectivity index (χ2n) is 3.85. The Bertz CT molecular complexity index is 742. The first-order chi connectivity index (χ1) is 9.24. The molecule has 2 heterocycles. The monoisotopic (exact) mass is 332 g/mol. The molecule has 94 valence electrons. The maximum absolute atomic E-state index is 5.96. The smallest absolute Gasteiger partial charge is 0.125 e. The number of anilines is 1. The van der Waals surface area contributed by atoms with E-state index >= 15 is 0 Å². The highest BCUT2D eigenvalue weighted by Gasteiger charge is 2.09. The Morgan fingerprint density at radius 2 is 1.89 bits per heavy atom. The van der Waals surface area contributed by atoms with Crippen LogP contribution in [0.2, 0.25) is 0 Å². The summed E-state index contributed by atoms with van der Waals surface area (Å²) >= 11 is 4.79. The lowest BCUT2D eigenvalue weighted by molar-refractivity contribution is 1.08. The van der Waals surface area contributed by atoms with E-state index in [1.165, 1.54) is 11.8 Å². The molecule has 4 nitrogen and oxygen atoms in total. The van der Waals surface area contributed by atoms with E-state index in [9.17, 15) is 0 Å². The molecule has 0 saturated heterocycles. The maximum atomic E-state index is 5.96. The SMILES string of the molecule is Nc1cc(Br)cnc1Sc1ncnc2ccccc12. The van der Waals surface area contributed by atoms with Crippen molar-refractivity contribution < 1.29 is 0 Å². The molecule has 3 aromatic rings. The molecule has 0 bridgehead atoms. The zero-order valence-electron chi connectivity index (χ0n) is 9.75. The van der Waals surface area contributed by atoms with E-state index in [2.05, 4.69) is 30.9 Å². The number of nitrogens with zero attached hydrogens (tertiary/aromatic N) is 3.